The summed E-state index contributed by atoms with van der Waals surface area (Å²) in [4.78, 5) is 29.9. The molecule has 2 aliphatic heterocycles. The Morgan fingerprint density at radius 3 is 2.23 bits per heavy atom. The third-order valence-electron chi connectivity index (χ3n) is 6.32. The normalized spacial score (nSPS) is 21.1. The zero-order chi connectivity index (χ0) is 25.2. The van der Waals surface area contributed by atoms with Gasteiger partial charge >= 0.3 is 0 Å². The molecule has 1 amide bonds. The largest absolute Gasteiger partial charge is 0.507 e. The molecule has 2 aromatic carbocycles. The van der Waals surface area contributed by atoms with Gasteiger partial charge in [0.2, 0.25) is 10.0 Å². The monoisotopic (exact) mass is 499 g/mol. The summed E-state index contributed by atoms with van der Waals surface area (Å²) in [6.07, 6.45) is 0. The van der Waals surface area contributed by atoms with E-state index in [2.05, 4.69) is 4.90 Å². The highest BCUT2D eigenvalue weighted by molar-refractivity contribution is 7.89. The van der Waals surface area contributed by atoms with Crippen LogP contribution in [0.15, 0.2) is 65.1 Å². The second kappa shape index (κ2) is 10.3. The van der Waals surface area contributed by atoms with Crippen molar-refractivity contribution in [2.75, 3.05) is 53.5 Å². The number of aliphatic hydroxyl groups is 1. The lowest BCUT2D eigenvalue weighted by Gasteiger charge is -2.31. The molecular weight excluding hydrogens is 470 g/mol. The van der Waals surface area contributed by atoms with E-state index >= 15 is 0 Å². The van der Waals surface area contributed by atoms with E-state index < -0.39 is 27.8 Å². The van der Waals surface area contributed by atoms with Crippen LogP contribution in [0.1, 0.15) is 17.2 Å². The van der Waals surface area contributed by atoms with Crippen molar-refractivity contribution >= 4 is 27.5 Å². The van der Waals surface area contributed by atoms with Gasteiger partial charge in [0.15, 0.2) is 0 Å². The highest BCUT2D eigenvalue weighted by Crippen LogP contribution is 2.39. The van der Waals surface area contributed by atoms with Crippen molar-refractivity contribution < 1.29 is 27.9 Å². The van der Waals surface area contributed by atoms with Crippen molar-refractivity contribution in [2.45, 2.75) is 10.9 Å². The van der Waals surface area contributed by atoms with Gasteiger partial charge in [0.25, 0.3) is 11.7 Å². The maximum absolute atomic E-state index is 13.1. The standard InChI is InChI=1S/C25H29N3O6S/c1-26(2)35(32,33)20-10-8-19(9-11-20)23(29)21-22(18-6-4-3-5-7-18)28(25(31)24(21)30)13-12-27-14-16-34-17-15-27/h3-11,22,29H,12-17H2,1-2H3/b23-21+/t22-/m1/s1. The third-order valence-corrected chi connectivity index (χ3v) is 8.15. The lowest BCUT2D eigenvalue weighted by molar-refractivity contribution is -0.140. The minimum Gasteiger partial charge on any atom is -0.507 e. The molecule has 2 fully saturated rings. The first kappa shape index (κ1) is 25.1. The van der Waals surface area contributed by atoms with E-state index in [1.807, 2.05) is 30.3 Å². The van der Waals surface area contributed by atoms with Gasteiger partial charge in [0.05, 0.1) is 29.7 Å². The molecule has 0 saturated carbocycles. The number of nitrogens with zero attached hydrogens (tertiary/aromatic N) is 3. The third kappa shape index (κ3) is 5.01. The zero-order valence-electron chi connectivity index (χ0n) is 19.8. The number of Topliss-reactive ketones (excluding diaryl/α,β-unsaturated/α-hetero) is 1. The Balaban J connectivity index is 1.71. The van der Waals surface area contributed by atoms with Crippen LogP contribution >= 0.6 is 0 Å². The lowest BCUT2D eigenvalue weighted by Crippen LogP contribution is -2.42. The van der Waals surface area contributed by atoms with Crippen molar-refractivity contribution in [1.82, 2.24) is 14.1 Å². The van der Waals surface area contributed by atoms with Crippen LogP contribution < -0.4 is 0 Å². The number of hydrogen-bond donors (Lipinski definition) is 1. The zero-order valence-corrected chi connectivity index (χ0v) is 20.6. The average Bonchev–Trinajstić information content (AvgIpc) is 3.13. The van der Waals surface area contributed by atoms with Crippen molar-refractivity contribution in [3.8, 4) is 0 Å². The fourth-order valence-electron chi connectivity index (χ4n) is 4.32. The first-order valence-corrected chi connectivity index (χ1v) is 12.8. The Hall–Kier alpha value is -3.05. The Morgan fingerprint density at radius 1 is 1.00 bits per heavy atom. The van der Waals surface area contributed by atoms with Gasteiger partial charge < -0.3 is 14.7 Å². The van der Waals surface area contributed by atoms with E-state index in [0.29, 0.717) is 31.9 Å². The Labute approximate surface area is 205 Å². The second-order valence-electron chi connectivity index (χ2n) is 8.67. The van der Waals surface area contributed by atoms with Gasteiger partial charge in [0, 0.05) is 45.8 Å². The highest BCUT2D eigenvalue weighted by atomic mass is 32.2. The Bertz CT molecular complexity index is 1220. The van der Waals surface area contributed by atoms with Gasteiger partial charge in [-0.05, 0) is 29.8 Å². The molecule has 0 aliphatic carbocycles. The Kier molecular flexibility index (Phi) is 7.36. The van der Waals surface area contributed by atoms with Crippen LogP contribution in [0, 0.1) is 0 Å². The summed E-state index contributed by atoms with van der Waals surface area (Å²) in [5.41, 5.74) is 0.961. The number of ether oxygens (including phenoxy) is 1. The second-order valence-corrected chi connectivity index (χ2v) is 10.8. The molecule has 4 rings (SSSR count). The molecule has 2 aliphatic rings. The van der Waals surface area contributed by atoms with Crippen LogP contribution in [0.4, 0.5) is 0 Å². The SMILES string of the molecule is CN(C)S(=O)(=O)c1ccc(/C(O)=C2\C(=O)C(=O)N(CCN3CCOCC3)[C@@H]2c2ccccc2)cc1. The van der Waals surface area contributed by atoms with Crippen LogP contribution in [-0.2, 0) is 24.3 Å². The summed E-state index contributed by atoms with van der Waals surface area (Å²) in [5.74, 6) is -1.76. The first-order valence-electron chi connectivity index (χ1n) is 11.4. The first-order chi connectivity index (χ1) is 16.7. The van der Waals surface area contributed by atoms with Crippen molar-refractivity contribution in [3.05, 3.63) is 71.3 Å². The van der Waals surface area contributed by atoms with Crippen LogP contribution in [0.25, 0.3) is 5.76 Å². The van der Waals surface area contributed by atoms with Crippen molar-refractivity contribution in [3.63, 3.8) is 0 Å². The molecule has 0 bridgehead atoms. The number of carbonyl (C=O) groups is 2. The molecule has 2 heterocycles. The summed E-state index contributed by atoms with van der Waals surface area (Å²) in [6, 6.07) is 14.0. The predicted octanol–water partition coefficient (Wildman–Crippen LogP) is 1.69. The number of ketones is 1. The highest BCUT2D eigenvalue weighted by Gasteiger charge is 2.46. The molecule has 2 saturated heterocycles. The summed E-state index contributed by atoms with van der Waals surface area (Å²) < 4.78 is 31.2. The van der Waals surface area contributed by atoms with E-state index in [1.165, 1.54) is 43.3 Å². The van der Waals surface area contributed by atoms with Gasteiger partial charge in [-0.15, -0.1) is 0 Å². The number of sulfonamides is 1. The van der Waals surface area contributed by atoms with E-state index in [0.717, 1.165) is 17.4 Å². The quantitative estimate of drug-likeness (QED) is 0.351. The molecule has 10 heteroatoms. The minimum absolute atomic E-state index is 0.00797. The topological polar surface area (TPSA) is 107 Å². The average molecular weight is 500 g/mol. The van der Waals surface area contributed by atoms with Gasteiger partial charge in [-0.3, -0.25) is 14.5 Å². The molecule has 0 aromatic heterocycles. The fraction of sp³-hybridized carbons (Fsp3) is 0.360. The predicted molar refractivity (Wildman–Crippen MR) is 130 cm³/mol. The number of rotatable bonds is 7. The van der Waals surface area contributed by atoms with Gasteiger partial charge in [-0.1, -0.05) is 30.3 Å². The number of amides is 1. The number of likely N-dealkylation sites (tertiary alicyclic amines) is 1. The van der Waals surface area contributed by atoms with Crippen molar-refractivity contribution in [2.24, 2.45) is 0 Å². The Morgan fingerprint density at radius 2 is 1.63 bits per heavy atom. The molecule has 9 nitrogen and oxygen atoms in total. The minimum atomic E-state index is -3.65. The number of aliphatic hydroxyl groups excluding tert-OH is 1. The summed E-state index contributed by atoms with van der Waals surface area (Å²) in [6.45, 7) is 3.66. The maximum Gasteiger partial charge on any atom is 0.295 e. The summed E-state index contributed by atoms with van der Waals surface area (Å²) in [7, 11) is -0.782. The molecule has 0 spiro atoms. The number of morpholine rings is 1. The summed E-state index contributed by atoms with van der Waals surface area (Å²) in [5, 5.41) is 11.2. The van der Waals surface area contributed by atoms with Gasteiger partial charge in [0.1, 0.15) is 5.76 Å². The molecule has 186 valence electrons. The van der Waals surface area contributed by atoms with E-state index in [9.17, 15) is 23.1 Å². The van der Waals surface area contributed by atoms with Crippen LogP contribution in [0.3, 0.4) is 0 Å². The molecule has 35 heavy (non-hydrogen) atoms. The van der Waals surface area contributed by atoms with Gasteiger partial charge in [-0.25, -0.2) is 12.7 Å². The number of hydrogen-bond acceptors (Lipinski definition) is 7. The molecule has 0 unspecified atom stereocenters. The number of carbonyl (C=O) groups excluding carboxylic acids is 2. The smallest absolute Gasteiger partial charge is 0.295 e. The number of benzene rings is 2. The van der Waals surface area contributed by atoms with Crippen LogP contribution in [0.2, 0.25) is 0 Å². The fourth-order valence-corrected chi connectivity index (χ4v) is 5.22. The molecule has 1 atom stereocenters. The van der Waals surface area contributed by atoms with Crippen molar-refractivity contribution in [1.29, 1.82) is 0 Å². The van der Waals surface area contributed by atoms with E-state index in [4.69, 9.17) is 4.74 Å². The molecule has 1 N–H and O–H groups in total. The van der Waals surface area contributed by atoms with Gasteiger partial charge in [-0.2, -0.15) is 0 Å². The summed E-state index contributed by atoms with van der Waals surface area (Å²) >= 11 is 0. The van der Waals surface area contributed by atoms with E-state index in [1.54, 1.807) is 0 Å². The van der Waals surface area contributed by atoms with Crippen LogP contribution in [-0.4, -0.2) is 92.8 Å². The molecule has 2 aromatic rings. The maximum atomic E-state index is 13.1. The lowest BCUT2D eigenvalue weighted by atomic mass is 9.95. The molecule has 0 radical (unpaired) electrons. The van der Waals surface area contributed by atoms with Crippen LogP contribution in [0.5, 0.6) is 0 Å². The molecular formula is C25H29N3O6S. The van der Waals surface area contributed by atoms with E-state index in [-0.39, 0.29) is 21.8 Å².